The van der Waals surface area contributed by atoms with Crippen molar-refractivity contribution in [2.75, 3.05) is 16.4 Å². The molecule has 0 saturated heterocycles. The highest BCUT2D eigenvalue weighted by Gasteiger charge is 2.16. The van der Waals surface area contributed by atoms with E-state index in [0.717, 1.165) is 17.7 Å². The van der Waals surface area contributed by atoms with Crippen LogP contribution >= 0.6 is 11.8 Å². The van der Waals surface area contributed by atoms with Crippen LogP contribution in [0.15, 0.2) is 78.0 Å². The number of nitrogens with one attached hydrogen (secondary N) is 2. The first kappa shape index (κ1) is 27.1. The Labute approximate surface area is 228 Å². The van der Waals surface area contributed by atoms with Gasteiger partial charge in [0.25, 0.3) is 5.91 Å². The first-order valence-electron chi connectivity index (χ1n) is 12.6. The van der Waals surface area contributed by atoms with Crippen molar-refractivity contribution in [1.29, 1.82) is 0 Å². The van der Waals surface area contributed by atoms with Gasteiger partial charge in [-0.2, -0.15) is 0 Å². The van der Waals surface area contributed by atoms with Gasteiger partial charge in [0.1, 0.15) is 0 Å². The summed E-state index contributed by atoms with van der Waals surface area (Å²) in [6.45, 7) is 8.53. The predicted octanol–water partition coefficient (Wildman–Crippen LogP) is 6.33. The fourth-order valence-corrected chi connectivity index (χ4v) is 4.58. The van der Waals surface area contributed by atoms with Crippen LogP contribution in [0.2, 0.25) is 0 Å². The number of nitrogens with zero attached hydrogens (tertiary/aromatic N) is 3. The third-order valence-electron chi connectivity index (χ3n) is 6.23. The summed E-state index contributed by atoms with van der Waals surface area (Å²) in [5.41, 5.74) is 5.39. The third-order valence-corrected chi connectivity index (χ3v) is 7.25. The molecule has 0 unspecified atom stereocenters. The molecule has 0 aliphatic heterocycles. The number of hydrogen-bond acceptors (Lipinski definition) is 5. The van der Waals surface area contributed by atoms with Crippen LogP contribution in [-0.2, 0) is 23.7 Å². The van der Waals surface area contributed by atoms with E-state index in [1.54, 1.807) is 0 Å². The molecule has 0 spiro atoms. The Morgan fingerprint density at radius 1 is 0.842 bits per heavy atom. The number of thioether (sulfide) groups is 1. The van der Waals surface area contributed by atoms with Gasteiger partial charge in [-0.05, 0) is 71.5 Å². The molecule has 0 bridgehead atoms. The van der Waals surface area contributed by atoms with Crippen LogP contribution in [-0.4, -0.2) is 32.3 Å². The summed E-state index contributed by atoms with van der Waals surface area (Å²) in [6.07, 6.45) is 0.960. The molecule has 0 fully saturated rings. The van der Waals surface area contributed by atoms with Gasteiger partial charge in [0.05, 0.1) is 5.75 Å². The van der Waals surface area contributed by atoms with Crippen molar-refractivity contribution in [1.82, 2.24) is 14.8 Å². The van der Waals surface area contributed by atoms with Crippen molar-refractivity contribution in [2.24, 2.45) is 7.05 Å². The summed E-state index contributed by atoms with van der Waals surface area (Å²) in [6, 6.07) is 23.0. The zero-order valence-electron chi connectivity index (χ0n) is 22.4. The number of benzene rings is 3. The van der Waals surface area contributed by atoms with E-state index in [-0.39, 0.29) is 23.0 Å². The number of carbonyl (C=O) groups is 2. The molecule has 1 heterocycles. The van der Waals surface area contributed by atoms with Crippen molar-refractivity contribution in [3.8, 4) is 11.4 Å². The molecule has 196 valence electrons. The average molecular weight is 528 g/mol. The van der Waals surface area contributed by atoms with Crippen molar-refractivity contribution in [3.05, 3.63) is 89.5 Å². The van der Waals surface area contributed by atoms with Gasteiger partial charge >= 0.3 is 0 Å². The SMILES string of the molecule is CCc1ccc(NC(=O)CSc2nnc(-c3ccc(NC(=O)c4ccc(C(C)(C)C)cc4)cc3)n2C)cc1. The zero-order valence-corrected chi connectivity index (χ0v) is 23.2. The molecule has 4 aromatic rings. The van der Waals surface area contributed by atoms with Crippen LogP contribution in [0, 0.1) is 0 Å². The molecule has 0 radical (unpaired) electrons. The minimum Gasteiger partial charge on any atom is -0.325 e. The molecule has 0 aliphatic carbocycles. The van der Waals surface area contributed by atoms with Crippen LogP contribution in [0.1, 0.15) is 49.2 Å². The third kappa shape index (κ3) is 6.69. The van der Waals surface area contributed by atoms with Gasteiger partial charge < -0.3 is 15.2 Å². The lowest BCUT2D eigenvalue weighted by Crippen LogP contribution is -2.14. The van der Waals surface area contributed by atoms with Crippen molar-refractivity contribution in [2.45, 2.75) is 44.7 Å². The lowest BCUT2D eigenvalue weighted by Gasteiger charge is -2.19. The number of aromatic nitrogens is 3. The standard InChI is InChI=1S/C30H33N5O2S/c1-6-20-7-15-24(16-8-20)31-26(36)19-38-29-34-33-27(35(29)5)21-11-17-25(18-12-21)32-28(37)22-9-13-23(14-10-22)30(2,3)4/h7-18H,6,19H2,1-5H3,(H,31,36)(H,32,37). The highest BCUT2D eigenvalue weighted by molar-refractivity contribution is 7.99. The maximum atomic E-state index is 12.7. The minimum absolute atomic E-state index is 0.0382. The summed E-state index contributed by atoms with van der Waals surface area (Å²) in [4.78, 5) is 25.1. The van der Waals surface area contributed by atoms with E-state index in [4.69, 9.17) is 0 Å². The van der Waals surface area contributed by atoms with Crippen LogP contribution in [0.3, 0.4) is 0 Å². The van der Waals surface area contributed by atoms with Gasteiger partial charge in [0.15, 0.2) is 11.0 Å². The molecule has 0 aliphatic rings. The lowest BCUT2D eigenvalue weighted by atomic mass is 9.87. The lowest BCUT2D eigenvalue weighted by molar-refractivity contribution is -0.113. The molecular formula is C30H33N5O2S. The Morgan fingerprint density at radius 3 is 2.05 bits per heavy atom. The second kappa shape index (κ2) is 11.6. The molecule has 7 nitrogen and oxygen atoms in total. The number of aryl methyl sites for hydroxylation is 1. The Morgan fingerprint density at radius 2 is 1.45 bits per heavy atom. The molecule has 0 atom stereocenters. The molecule has 3 aromatic carbocycles. The van der Waals surface area contributed by atoms with Gasteiger partial charge in [-0.15, -0.1) is 10.2 Å². The average Bonchev–Trinajstić information content (AvgIpc) is 3.28. The Balaban J connectivity index is 1.34. The second-order valence-electron chi connectivity index (χ2n) is 10.1. The summed E-state index contributed by atoms with van der Waals surface area (Å²) >= 11 is 1.33. The van der Waals surface area contributed by atoms with E-state index in [1.807, 2.05) is 84.4 Å². The molecular weight excluding hydrogens is 494 g/mol. The normalized spacial score (nSPS) is 11.3. The maximum absolute atomic E-state index is 12.7. The Kier molecular flexibility index (Phi) is 8.32. The predicted molar refractivity (Wildman–Crippen MR) is 155 cm³/mol. The fraction of sp³-hybridized carbons (Fsp3) is 0.267. The second-order valence-corrected chi connectivity index (χ2v) is 11.1. The van der Waals surface area contributed by atoms with E-state index < -0.39 is 0 Å². The molecule has 2 N–H and O–H groups in total. The Bertz CT molecular complexity index is 1400. The first-order chi connectivity index (χ1) is 18.1. The van der Waals surface area contributed by atoms with Crippen LogP contribution in [0.25, 0.3) is 11.4 Å². The van der Waals surface area contributed by atoms with Gasteiger partial charge in [0, 0.05) is 29.5 Å². The van der Waals surface area contributed by atoms with Gasteiger partial charge in [-0.3, -0.25) is 9.59 Å². The summed E-state index contributed by atoms with van der Waals surface area (Å²) in [7, 11) is 1.87. The van der Waals surface area contributed by atoms with Gasteiger partial charge in [-0.25, -0.2) is 0 Å². The van der Waals surface area contributed by atoms with Crippen molar-refractivity contribution in [3.63, 3.8) is 0 Å². The zero-order chi connectivity index (χ0) is 27.3. The Hall–Kier alpha value is -3.91. The largest absolute Gasteiger partial charge is 0.325 e. The smallest absolute Gasteiger partial charge is 0.255 e. The van der Waals surface area contributed by atoms with Crippen LogP contribution in [0.4, 0.5) is 11.4 Å². The first-order valence-corrected chi connectivity index (χ1v) is 13.6. The summed E-state index contributed by atoms with van der Waals surface area (Å²) in [5.74, 6) is 0.647. The van der Waals surface area contributed by atoms with Crippen LogP contribution in [0.5, 0.6) is 0 Å². The van der Waals surface area contributed by atoms with E-state index in [2.05, 4.69) is 48.5 Å². The summed E-state index contributed by atoms with van der Waals surface area (Å²) in [5, 5.41) is 15.1. The van der Waals surface area contributed by atoms with Gasteiger partial charge in [0.2, 0.25) is 5.91 Å². The van der Waals surface area contributed by atoms with Crippen molar-refractivity contribution >= 4 is 35.0 Å². The molecule has 38 heavy (non-hydrogen) atoms. The molecule has 1 aromatic heterocycles. The number of amides is 2. The van der Waals surface area contributed by atoms with E-state index in [0.29, 0.717) is 22.2 Å². The van der Waals surface area contributed by atoms with Crippen molar-refractivity contribution < 1.29 is 9.59 Å². The quantitative estimate of drug-likeness (QED) is 0.262. The molecule has 0 saturated carbocycles. The highest BCUT2D eigenvalue weighted by Crippen LogP contribution is 2.25. The molecule has 2 amide bonds. The monoisotopic (exact) mass is 527 g/mol. The number of hydrogen-bond donors (Lipinski definition) is 2. The maximum Gasteiger partial charge on any atom is 0.255 e. The topological polar surface area (TPSA) is 88.9 Å². The van der Waals surface area contributed by atoms with E-state index in [1.165, 1.54) is 22.9 Å². The molecule has 4 rings (SSSR count). The molecule has 8 heteroatoms. The fourth-order valence-electron chi connectivity index (χ4n) is 3.87. The van der Waals surface area contributed by atoms with Crippen LogP contribution < -0.4 is 10.6 Å². The number of carbonyl (C=O) groups excluding carboxylic acids is 2. The summed E-state index contributed by atoms with van der Waals surface area (Å²) < 4.78 is 1.86. The van der Waals surface area contributed by atoms with Gasteiger partial charge in [-0.1, -0.05) is 63.7 Å². The number of rotatable bonds is 8. The van der Waals surface area contributed by atoms with E-state index >= 15 is 0 Å². The number of anilines is 2. The highest BCUT2D eigenvalue weighted by atomic mass is 32.2. The minimum atomic E-state index is -0.157. The van der Waals surface area contributed by atoms with E-state index in [9.17, 15) is 9.59 Å².